The van der Waals surface area contributed by atoms with Crippen molar-refractivity contribution in [3.8, 4) is 17.2 Å². The standard InChI is InChI=1S/3C13H17N3O3.3C6H13N/c3*1-13(2,3)19-10-6-4-9(5-7-10)8-11(12(17)18)15-16-14;3*7-6-4-2-1-3-5-6/h3*4-7,11H,8H2,1-3H3,(H,17,18);3*6H,1-5,7H2/t3*11-;;;/m000.../s1. The van der Waals surface area contributed by atoms with Crippen molar-refractivity contribution in [2.45, 2.75) is 231 Å². The van der Waals surface area contributed by atoms with Gasteiger partial charge in [-0.1, -0.05) is 83.8 Å². The molecule has 3 aliphatic rings. The van der Waals surface area contributed by atoms with Gasteiger partial charge in [-0.05, 0) is 215 Å². The minimum Gasteiger partial charge on any atom is -0.550 e. The lowest BCUT2D eigenvalue weighted by atomic mass is 9.97. The maximum absolute atomic E-state index is 10.9. The average Bonchev–Trinajstić information content (AvgIpc) is 3.35. The molecule has 3 atom stereocenters. The number of aliphatic carboxylic acids is 3. The molecule has 0 heterocycles. The normalized spacial score (nSPS) is 15.8. The van der Waals surface area contributed by atoms with Crippen LogP contribution in [0.4, 0.5) is 0 Å². The first-order chi connectivity index (χ1) is 36.6. The summed E-state index contributed by atoms with van der Waals surface area (Å²) in [5.74, 6) is -1.78. The number of quaternary nitrogens is 2. The number of nitrogens with two attached hydrogens (primary N) is 1. The van der Waals surface area contributed by atoms with Gasteiger partial charge in [-0.15, -0.1) is 0 Å². The number of azide groups is 3. The Kier molecular flexibility index (Phi) is 33.0. The first kappa shape index (κ1) is 69.3. The molecule has 0 bridgehead atoms. The summed E-state index contributed by atoms with van der Waals surface area (Å²) in [6.07, 6.45) is 21.1. The summed E-state index contributed by atoms with van der Waals surface area (Å²) in [6, 6.07) is 19.7. The second-order valence-corrected chi connectivity index (χ2v) is 22.7. The number of nitrogens with zero attached hydrogens (tertiary/aromatic N) is 9. The molecule has 0 saturated heterocycles. The van der Waals surface area contributed by atoms with Gasteiger partial charge in [-0.3, -0.25) is 4.79 Å². The highest BCUT2D eigenvalue weighted by Gasteiger charge is 2.18. The van der Waals surface area contributed by atoms with Crippen LogP contribution in [0.2, 0.25) is 0 Å². The van der Waals surface area contributed by atoms with E-state index in [1.54, 1.807) is 72.8 Å². The molecule has 3 aliphatic carbocycles. The fourth-order valence-electron chi connectivity index (χ4n) is 8.03. The molecule has 0 amide bonds. The van der Waals surface area contributed by atoms with Gasteiger partial charge in [0.1, 0.15) is 40.1 Å². The zero-order valence-corrected chi connectivity index (χ0v) is 47.8. The van der Waals surface area contributed by atoms with Crippen LogP contribution in [0, 0.1) is 0 Å². The predicted octanol–water partition coefficient (Wildman–Crippen LogP) is 9.24. The third-order valence-corrected chi connectivity index (χ3v) is 11.8. The van der Waals surface area contributed by atoms with Crippen LogP contribution >= 0.6 is 0 Å². The van der Waals surface area contributed by atoms with Gasteiger partial charge in [0.15, 0.2) is 0 Å². The second kappa shape index (κ2) is 37.2. The number of ether oxygens (including phenoxy) is 3. The number of carbonyl (C=O) groups is 3. The molecule has 3 aromatic rings. The smallest absolute Gasteiger partial charge is 0.312 e. The topological polar surface area (TPSA) is 373 Å². The number of hydrogen-bond acceptors (Lipinski definition) is 12. The van der Waals surface area contributed by atoms with Gasteiger partial charge in [-0.2, -0.15) is 0 Å². The van der Waals surface area contributed by atoms with E-state index in [0.717, 1.165) is 28.8 Å². The minimum absolute atomic E-state index is 0.0994. The van der Waals surface area contributed by atoms with Crippen LogP contribution in [0.15, 0.2) is 88.1 Å². The molecule has 0 aromatic heterocycles. The van der Waals surface area contributed by atoms with Crippen molar-refractivity contribution in [2.24, 2.45) is 21.1 Å². The molecule has 3 aromatic carbocycles. The van der Waals surface area contributed by atoms with Crippen LogP contribution in [-0.4, -0.2) is 76.1 Å². The Hall–Kier alpha value is -6.72. The summed E-state index contributed by atoms with van der Waals surface area (Å²) in [7, 11) is 0. The Morgan fingerprint density at radius 2 is 0.756 bits per heavy atom. The minimum atomic E-state index is -1.38. The Bertz CT molecular complexity index is 2050. The quantitative estimate of drug-likeness (QED) is 0.0634. The number of carbonyl (C=O) groups excluding carboxylic acids is 2. The van der Waals surface area contributed by atoms with Crippen LogP contribution in [-0.2, 0) is 33.6 Å². The third-order valence-electron chi connectivity index (χ3n) is 11.8. The van der Waals surface area contributed by atoms with Crippen molar-refractivity contribution < 1.29 is 55.4 Å². The van der Waals surface area contributed by atoms with E-state index in [1.807, 2.05) is 62.3 Å². The summed E-state index contributed by atoms with van der Waals surface area (Å²) < 4.78 is 17.0. The lowest BCUT2D eigenvalue weighted by molar-refractivity contribution is -0.425. The molecule has 0 radical (unpaired) electrons. The van der Waals surface area contributed by atoms with Gasteiger partial charge < -0.3 is 56.3 Å². The van der Waals surface area contributed by atoms with Crippen molar-refractivity contribution in [3.05, 3.63) is 121 Å². The van der Waals surface area contributed by atoms with E-state index >= 15 is 0 Å². The Balaban J connectivity index is 0.000000492. The molecule has 432 valence electrons. The molecule has 78 heavy (non-hydrogen) atoms. The number of benzene rings is 3. The largest absolute Gasteiger partial charge is 0.550 e. The summed E-state index contributed by atoms with van der Waals surface area (Å²) in [4.78, 5) is 39.9. The predicted molar refractivity (Wildman–Crippen MR) is 299 cm³/mol. The molecule has 0 spiro atoms. The van der Waals surface area contributed by atoms with E-state index in [2.05, 4.69) is 41.5 Å². The van der Waals surface area contributed by atoms with Crippen LogP contribution in [0.1, 0.15) is 175 Å². The van der Waals surface area contributed by atoms with Gasteiger partial charge in [0, 0.05) is 20.8 Å². The molecule has 6 rings (SSSR count). The van der Waals surface area contributed by atoms with E-state index in [4.69, 9.17) is 41.6 Å². The first-order valence-corrected chi connectivity index (χ1v) is 27.2. The van der Waals surface area contributed by atoms with Crippen LogP contribution in [0.25, 0.3) is 31.3 Å². The van der Waals surface area contributed by atoms with Gasteiger partial charge in [0.2, 0.25) is 0 Å². The van der Waals surface area contributed by atoms with Crippen LogP contribution in [0.5, 0.6) is 17.2 Å². The lowest BCUT2D eigenvalue weighted by Crippen LogP contribution is -2.61. The van der Waals surface area contributed by atoms with Crippen molar-refractivity contribution in [3.63, 3.8) is 0 Å². The van der Waals surface area contributed by atoms with Crippen LogP contribution in [0.3, 0.4) is 0 Å². The van der Waals surface area contributed by atoms with Crippen LogP contribution < -0.4 is 41.6 Å². The van der Waals surface area contributed by atoms with Crippen molar-refractivity contribution >= 4 is 17.9 Å². The van der Waals surface area contributed by atoms with E-state index in [0.29, 0.717) is 23.3 Å². The summed E-state index contributed by atoms with van der Waals surface area (Å²) in [5, 5.41) is 40.0. The highest BCUT2D eigenvalue weighted by atomic mass is 16.5. The monoisotopic (exact) mass is 1090 g/mol. The highest BCUT2D eigenvalue weighted by molar-refractivity contribution is 5.74. The molecule has 21 heteroatoms. The van der Waals surface area contributed by atoms with Gasteiger partial charge in [0.25, 0.3) is 0 Å². The molecule has 3 saturated carbocycles. The van der Waals surface area contributed by atoms with Gasteiger partial charge >= 0.3 is 5.97 Å². The van der Waals surface area contributed by atoms with Gasteiger partial charge in [-0.25, -0.2) is 0 Å². The molecular weight excluding hydrogens is 997 g/mol. The van der Waals surface area contributed by atoms with E-state index in [-0.39, 0.29) is 36.1 Å². The fourth-order valence-corrected chi connectivity index (χ4v) is 8.03. The summed E-state index contributed by atoms with van der Waals surface area (Å²) in [5.41, 5.74) is 39.9. The van der Waals surface area contributed by atoms with E-state index in [1.165, 1.54) is 96.3 Å². The summed E-state index contributed by atoms with van der Waals surface area (Å²) >= 11 is 0. The zero-order chi connectivity index (χ0) is 58.7. The molecule has 0 aliphatic heterocycles. The average molecular weight is 1090 g/mol. The number of rotatable bonds is 15. The lowest BCUT2D eigenvalue weighted by Gasteiger charge is -2.21. The number of carboxylic acids is 3. The molecule has 3 fully saturated rings. The molecule has 21 nitrogen and oxygen atoms in total. The SMILES string of the molecule is CC(C)(C)Oc1ccc(C[C@H](N=[N+]=[N-])C(=O)O)cc1.CC(C)(C)Oc1ccc(C[C@H](N=[N+]=[N-])C(=O)[O-])cc1.CC(C)(C)Oc1ccc(C[C@H](N=[N+]=[N-])C(=O)[O-])cc1.NC1CCCCC1.[NH3+]C1CCCCC1.[NH3+]C1CCCCC1. The van der Waals surface area contributed by atoms with Crippen molar-refractivity contribution in [1.29, 1.82) is 0 Å². The summed E-state index contributed by atoms with van der Waals surface area (Å²) in [6.45, 7) is 17.5. The molecular formula is C57H90N12O9. The third kappa shape index (κ3) is 35.6. The highest BCUT2D eigenvalue weighted by Crippen LogP contribution is 2.23. The second-order valence-electron chi connectivity index (χ2n) is 22.7. The van der Waals surface area contributed by atoms with Crippen molar-refractivity contribution in [2.75, 3.05) is 0 Å². The van der Waals surface area contributed by atoms with E-state index in [9.17, 15) is 24.6 Å². The zero-order valence-electron chi connectivity index (χ0n) is 47.8. The Morgan fingerprint density at radius 3 is 0.936 bits per heavy atom. The van der Waals surface area contributed by atoms with E-state index < -0.39 is 36.0 Å². The number of hydrogen-bond donors (Lipinski definition) is 4. The fraction of sp³-hybridized carbons (Fsp3) is 0.632. The van der Waals surface area contributed by atoms with Gasteiger partial charge in [0.05, 0.1) is 36.1 Å². The first-order valence-electron chi connectivity index (χ1n) is 27.2. The Morgan fingerprint density at radius 1 is 0.513 bits per heavy atom. The molecule has 0 unspecified atom stereocenters. The van der Waals surface area contributed by atoms with Crippen molar-refractivity contribution in [1.82, 2.24) is 0 Å². The molecule has 9 N–H and O–H groups in total. The number of carboxylic acid groups (broad SMARTS) is 3. The maximum Gasteiger partial charge on any atom is 0.312 e. The Labute approximate surface area is 461 Å². The maximum atomic E-state index is 10.9.